The third-order valence-corrected chi connectivity index (χ3v) is 3.75. The molecule has 0 saturated carbocycles. The number of nitrogens with zero attached hydrogens (tertiary/aromatic N) is 3. The number of rotatable bonds is 3. The highest BCUT2D eigenvalue weighted by Gasteiger charge is 2.24. The molecule has 0 spiro atoms. The Hall–Kier alpha value is 0.210. The number of hydrogen-bond acceptors (Lipinski definition) is 5. The molecule has 1 aromatic heterocycles. The van der Waals surface area contributed by atoms with Gasteiger partial charge in [0.25, 0.3) is 0 Å². The van der Waals surface area contributed by atoms with E-state index in [-0.39, 0.29) is 6.10 Å². The Balaban J connectivity index is 1.98. The number of ether oxygens (including phenoxy) is 1. The van der Waals surface area contributed by atoms with Gasteiger partial charge in [0.15, 0.2) is 8.84 Å². The molecular weight excluding hydrogens is 325 g/mol. The first kappa shape index (κ1) is 11.7. The molecule has 1 saturated heterocycles. The van der Waals surface area contributed by atoms with Crippen LogP contribution in [0.15, 0.2) is 0 Å². The molecule has 84 valence electrons. The lowest BCUT2D eigenvalue weighted by molar-refractivity contribution is -0.0337. The van der Waals surface area contributed by atoms with Crippen molar-refractivity contribution in [2.24, 2.45) is 0 Å². The molecule has 0 amide bonds. The largest absolute Gasteiger partial charge is 0.367 e. The van der Waals surface area contributed by atoms with Crippen LogP contribution in [0, 0.1) is 3.01 Å². The van der Waals surface area contributed by atoms with E-state index in [4.69, 9.17) is 4.74 Å². The number of hydrogen-bond donors (Lipinski definition) is 0. The average Bonchev–Trinajstić information content (AvgIpc) is 2.66. The summed E-state index contributed by atoms with van der Waals surface area (Å²) in [4.78, 5) is 6.79. The molecule has 1 aromatic rings. The fourth-order valence-corrected chi connectivity index (χ4v) is 2.73. The van der Waals surface area contributed by atoms with Crippen LogP contribution in [0.2, 0.25) is 0 Å². The summed E-state index contributed by atoms with van der Waals surface area (Å²) < 4.78 is 11.0. The molecule has 1 aliphatic rings. The van der Waals surface area contributed by atoms with E-state index in [0.29, 0.717) is 0 Å². The standard InChI is InChI=1S/C9H14IN3OS/c1-2-3-13-4-5-14-7(6-13)8-11-9(10)15-12-8/h7H,2-6H2,1H3. The fraction of sp³-hybridized carbons (Fsp3) is 0.778. The molecule has 0 radical (unpaired) electrons. The molecule has 2 rings (SSSR count). The second-order valence-electron chi connectivity index (χ2n) is 3.57. The van der Waals surface area contributed by atoms with Crippen molar-refractivity contribution in [2.75, 3.05) is 26.2 Å². The van der Waals surface area contributed by atoms with Gasteiger partial charge in [-0.2, -0.15) is 4.37 Å². The van der Waals surface area contributed by atoms with E-state index in [9.17, 15) is 0 Å². The van der Waals surface area contributed by atoms with E-state index in [2.05, 4.69) is 43.8 Å². The zero-order valence-corrected chi connectivity index (χ0v) is 11.6. The monoisotopic (exact) mass is 339 g/mol. The molecule has 0 bridgehead atoms. The van der Waals surface area contributed by atoms with Gasteiger partial charge in [-0.15, -0.1) is 0 Å². The summed E-state index contributed by atoms with van der Waals surface area (Å²) in [5.41, 5.74) is 0. The third-order valence-electron chi connectivity index (χ3n) is 2.40. The lowest BCUT2D eigenvalue weighted by Crippen LogP contribution is -2.39. The molecule has 0 aromatic carbocycles. The Morgan fingerprint density at radius 2 is 2.53 bits per heavy atom. The van der Waals surface area contributed by atoms with Gasteiger partial charge in [-0.1, -0.05) is 6.92 Å². The summed E-state index contributed by atoms with van der Waals surface area (Å²) in [6.07, 6.45) is 1.26. The molecule has 1 aliphatic heterocycles. The van der Waals surface area contributed by atoms with Crippen LogP contribution in [0.5, 0.6) is 0 Å². The van der Waals surface area contributed by atoms with Crippen molar-refractivity contribution in [3.05, 3.63) is 8.84 Å². The van der Waals surface area contributed by atoms with E-state index in [1.165, 1.54) is 18.0 Å². The van der Waals surface area contributed by atoms with Gasteiger partial charge in [0, 0.05) is 13.1 Å². The van der Waals surface area contributed by atoms with Crippen LogP contribution in [0.4, 0.5) is 0 Å². The SMILES string of the molecule is CCCN1CCOC(c2nsc(I)n2)C1. The summed E-state index contributed by atoms with van der Waals surface area (Å²) in [6, 6.07) is 0. The lowest BCUT2D eigenvalue weighted by Gasteiger charge is -2.31. The van der Waals surface area contributed by atoms with Crippen molar-refractivity contribution < 1.29 is 4.74 Å². The topological polar surface area (TPSA) is 38.2 Å². The van der Waals surface area contributed by atoms with Gasteiger partial charge < -0.3 is 4.74 Å². The Kier molecular flexibility index (Phi) is 4.30. The van der Waals surface area contributed by atoms with E-state index in [1.54, 1.807) is 0 Å². The van der Waals surface area contributed by atoms with Gasteiger partial charge in [-0.25, -0.2) is 4.98 Å². The Labute approximate surface area is 107 Å². The van der Waals surface area contributed by atoms with Gasteiger partial charge in [-0.3, -0.25) is 4.90 Å². The molecule has 1 atom stereocenters. The van der Waals surface area contributed by atoms with Crippen molar-refractivity contribution in [1.82, 2.24) is 14.3 Å². The molecule has 4 nitrogen and oxygen atoms in total. The highest BCUT2D eigenvalue weighted by atomic mass is 127. The molecule has 6 heteroatoms. The van der Waals surface area contributed by atoms with Crippen molar-refractivity contribution in [2.45, 2.75) is 19.4 Å². The van der Waals surface area contributed by atoms with Crippen molar-refractivity contribution >= 4 is 34.1 Å². The predicted molar refractivity (Wildman–Crippen MR) is 68.1 cm³/mol. The first-order chi connectivity index (χ1) is 7.29. The van der Waals surface area contributed by atoms with Gasteiger partial charge >= 0.3 is 0 Å². The van der Waals surface area contributed by atoms with Crippen molar-refractivity contribution in [1.29, 1.82) is 0 Å². The predicted octanol–water partition coefficient (Wildman–Crippen LogP) is 1.93. The minimum absolute atomic E-state index is 0.0741. The first-order valence-corrected chi connectivity index (χ1v) is 6.98. The average molecular weight is 339 g/mol. The Morgan fingerprint density at radius 1 is 1.67 bits per heavy atom. The molecule has 2 heterocycles. The number of morpholine rings is 1. The van der Waals surface area contributed by atoms with Gasteiger partial charge in [0.2, 0.25) is 0 Å². The summed E-state index contributed by atoms with van der Waals surface area (Å²) in [7, 11) is 0. The van der Waals surface area contributed by atoms with Crippen LogP contribution in [0.3, 0.4) is 0 Å². The highest BCUT2D eigenvalue weighted by Crippen LogP contribution is 2.21. The summed E-state index contributed by atoms with van der Waals surface area (Å²) in [6.45, 7) is 6.10. The van der Waals surface area contributed by atoms with Crippen LogP contribution in [-0.4, -0.2) is 40.5 Å². The van der Waals surface area contributed by atoms with Crippen LogP contribution in [0.25, 0.3) is 0 Å². The molecule has 1 fully saturated rings. The normalized spacial score (nSPS) is 23.2. The van der Waals surface area contributed by atoms with Crippen LogP contribution < -0.4 is 0 Å². The molecule has 1 unspecified atom stereocenters. The second-order valence-corrected chi connectivity index (χ2v) is 6.07. The van der Waals surface area contributed by atoms with Gasteiger partial charge in [-0.05, 0) is 47.1 Å². The van der Waals surface area contributed by atoms with Gasteiger partial charge in [0.1, 0.15) is 6.10 Å². The van der Waals surface area contributed by atoms with E-state index < -0.39 is 0 Å². The maximum atomic E-state index is 5.69. The van der Waals surface area contributed by atoms with E-state index in [0.717, 1.165) is 35.1 Å². The minimum Gasteiger partial charge on any atom is -0.367 e. The summed E-state index contributed by atoms with van der Waals surface area (Å²) >= 11 is 3.63. The van der Waals surface area contributed by atoms with E-state index in [1.807, 2.05) is 0 Å². The lowest BCUT2D eigenvalue weighted by atomic mass is 10.2. The first-order valence-electron chi connectivity index (χ1n) is 5.12. The summed E-state index contributed by atoms with van der Waals surface area (Å²) in [5.74, 6) is 0.852. The minimum atomic E-state index is 0.0741. The van der Waals surface area contributed by atoms with Gasteiger partial charge in [0.05, 0.1) is 6.61 Å². The maximum Gasteiger partial charge on any atom is 0.174 e. The van der Waals surface area contributed by atoms with Crippen molar-refractivity contribution in [3.8, 4) is 0 Å². The van der Waals surface area contributed by atoms with E-state index >= 15 is 0 Å². The number of aromatic nitrogens is 2. The van der Waals surface area contributed by atoms with Crippen LogP contribution in [-0.2, 0) is 4.74 Å². The van der Waals surface area contributed by atoms with Crippen molar-refractivity contribution in [3.63, 3.8) is 0 Å². The Bertz CT molecular complexity index is 318. The summed E-state index contributed by atoms with van der Waals surface area (Å²) in [5, 5.41) is 0. The zero-order chi connectivity index (χ0) is 10.7. The molecule has 0 N–H and O–H groups in total. The molecule has 0 aliphatic carbocycles. The smallest absolute Gasteiger partial charge is 0.174 e. The second kappa shape index (κ2) is 5.51. The molecular formula is C9H14IN3OS. The number of halogens is 1. The maximum absolute atomic E-state index is 5.69. The molecule has 15 heavy (non-hydrogen) atoms. The fourth-order valence-electron chi connectivity index (χ4n) is 1.72. The Morgan fingerprint density at radius 3 is 3.20 bits per heavy atom. The highest BCUT2D eigenvalue weighted by molar-refractivity contribution is 14.1. The zero-order valence-electron chi connectivity index (χ0n) is 8.65. The quantitative estimate of drug-likeness (QED) is 0.789. The van der Waals surface area contributed by atoms with Crippen LogP contribution >= 0.6 is 34.1 Å². The third kappa shape index (κ3) is 3.08. The van der Waals surface area contributed by atoms with Crippen LogP contribution in [0.1, 0.15) is 25.3 Å².